The van der Waals surface area contributed by atoms with Crippen molar-refractivity contribution in [3.8, 4) is 22.9 Å². The fraction of sp³-hybridized carbons (Fsp3) is 0.0667. The van der Waals surface area contributed by atoms with Gasteiger partial charge in [-0.05, 0) is 41.4 Å². The highest BCUT2D eigenvalue weighted by atomic mass is 32.1. The molecule has 0 aliphatic heterocycles. The summed E-state index contributed by atoms with van der Waals surface area (Å²) in [4.78, 5) is 0. The molecule has 1 aromatic heterocycles. The molecule has 0 bridgehead atoms. The van der Waals surface area contributed by atoms with Crippen LogP contribution in [0.5, 0.6) is 5.75 Å². The van der Waals surface area contributed by atoms with Gasteiger partial charge >= 0.3 is 0 Å². The van der Waals surface area contributed by atoms with E-state index in [-0.39, 0.29) is 5.56 Å². The van der Waals surface area contributed by atoms with E-state index in [9.17, 15) is 4.39 Å². The molecule has 0 aliphatic rings. The van der Waals surface area contributed by atoms with Crippen molar-refractivity contribution in [2.45, 2.75) is 0 Å². The van der Waals surface area contributed by atoms with E-state index in [1.54, 1.807) is 19.4 Å². The first-order valence-corrected chi connectivity index (χ1v) is 6.63. The van der Waals surface area contributed by atoms with Crippen molar-refractivity contribution in [1.29, 1.82) is 5.26 Å². The Bertz CT molecular complexity index is 835. The van der Waals surface area contributed by atoms with Crippen molar-refractivity contribution in [2.24, 2.45) is 0 Å². The minimum absolute atomic E-state index is 0.0317. The maximum atomic E-state index is 13.8. The minimum Gasteiger partial charge on any atom is -0.496 e. The molecule has 0 unspecified atom stereocenters. The molecular formula is C15H9FN2OS. The van der Waals surface area contributed by atoms with Crippen LogP contribution < -0.4 is 4.74 Å². The number of halogens is 1. The van der Waals surface area contributed by atoms with Crippen LogP contribution in [0.1, 0.15) is 5.56 Å². The molecule has 2 aromatic carbocycles. The van der Waals surface area contributed by atoms with Gasteiger partial charge in [0.1, 0.15) is 17.6 Å². The minimum atomic E-state index is -0.534. The van der Waals surface area contributed by atoms with Gasteiger partial charge in [-0.15, -0.1) is 0 Å². The molecular weight excluding hydrogens is 275 g/mol. The van der Waals surface area contributed by atoms with E-state index in [0.717, 1.165) is 15.6 Å². The van der Waals surface area contributed by atoms with Crippen molar-refractivity contribution < 1.29 is 9.13 Å². The quantitative estimate of drug-likeness (QED) is 0.715. The third-order valence-corrected chi connectivity index (χ3v) is 3.92. The number of hydrogen-bond donors (Lipinski definition) is 0. The van der Waals surface area contributed by atoms with Gasteiger partial charge in [0.15, 0.2) is 0 Å². The summed E-state index contributed by atoms with van der Waals surface area (Å²) in [5.41, 5.74) is 1.51. The first-order valence-electron chi connectivity index (χ1n) is 5.86. The summed E-state index contributed by atoms with van der Waals surface area (Å²) < 4.78 is 24.3. The summed E-state index contributed by atoms with van der Waals surface area (Å²) in [7, 11) is 1.58. The average Bonchev–Trinajstić information content (AvgIpc) is 2.94. The first-order chi connectivity index (χ1) is 9.74. The van der Waals surface area contributed by atoms with Crippen LogP contribution in [-0.4, -0.2) is 11.5 Å². The van der Waals surface area contributed by atoms with Crippen molar-refractivity contribution in [3.05, 3.63) is 47.9 Å². The largest absolute Gasteiger partial charge is 0.496 e. The fourth-order valence-electron chi connectivity index (χ4n) is 2.12. The molecule has 3 aromatic rings. The van der Waals surface area contributed by atoms with Gasteiger partial charge in [-0.25, -0.2) is 4.39 Å². The lowest BCUT2D eigenvalue weighted by atomic mass is 10.0. The Balaban J connectivity index is 2.30. The predicted octanol–water partition coefficient (Wildman–Crippen LogP) is 3.98. The van der Waals surface area contributed by atoms with Gasteiger partial charge < -0.3 is 4.74 Å². The lowest BCUT2D eigenvalue weighted by Gasteiger charge is -2.10. The zero-order chi connectivity index (χ0) is 14.1. The van der Waals surface area contributed by atoms with E-state index < -0.39 is 5.82 Å². The molecule has 0 saturated heterocycles. The SMILES string of the molecule is COc1ccc2cnsc2c1-c1ccc(C#N)c(F)c1. The van der Waals surface area contributed by atoms with Crippen LogP contribution in [0.25, 0.3) is 21.2 Å². The van der Waals surface area contributed by atoms with Gasteiger partial charge in [0.25, 0.3) is 0 Å². The van der Waals surface area contributed by atoms with E-state index in [2.05, 4.69) is 4.37 Å². The molecule has 3 nitrogen and oxygen atoms in total. The molecule has 0 saturated carbocycles. The molecule has 0 N–H and O–H groups in total. The van der Waals surface area contributed by atoms with E-state index in [1.807, 2.05) is 18.2 Å². The second-order valence-corrected chi connectivity index (χ2v) is 5.00. The Morgan fingerprint density at radius 1 is 1.30 bits per heavy atom. The molecule has 0 radical (unpaired) electrons. The summed E-state index contributed by atoms with van der Waals surface area (Å²) >= 11 is 1.34. The summed E-state index contributed by atoms with van der Waals surface area (Å²) in [6.07, 6.45) is 1.77. The Kier molecular flexibility index (Phi) is 3.09. The number of hydrogen-bond acceptors (Lipinski definition) is 4. The molecule has 5 heteroatoms. The van der Waals surface area contributed by atoms with E-state index in [1.165, 1.54) is 23.7 Å². The second-order valence-electron chi connectivity index (χ2n) is 4.19. The van der Waals surface area contributed by atoms with Crippen molar-refractivity contribution >= 4 is 21.6 Å². The molecule has 0 fully saturated rings. The lowest BCUT2D eigenvalue weighted by Crippen LogP contribution is -1.90. The third kappa shape index (κ3) is 1.91. The van der Waals surface area contributed by atoms with Gasteiger partial charge in [-0.1, -0.05) is 6.07 Å². The van der Waals surface area contributed by atoms with Crippen LogP contribution >= 0.6 is 11.5 Å². The van der Waals surface area contributed by atoms with Gasteiger partial charge in [0, 0.05) is 17.1 Å². The predicted molar refractivity (Wildman–Crippen MR) is 76.3 cm³/mol. The zero-order valence-corrected chi connectivity index (χ0v) is 11.4. The lowest BCUT2D eigenvalue weighted by molar-refractivity contribution is 0.417. The molecule has 0 amide bonds. The third-order valence-electron chi connectivity index (χ3n) is 3.08. The van der Waals surface area contributed by atoms with E-state index >= 15 is 0 Å². The van der Waals surface area contributed by atoms with Crippen molar-refractivity contribution in [2.75, 3.05) is 7.11 Å². The number of nitrogens with zero attached hydrogens (tertiary/aromatic N) is 2. The molecule has 0 aliphatic carbocycles. The molecule has 20 heavy (non-hydrogen) atoms. The fourth-order valence-corrected chi connectivity index (χ4v) is 2.93. The summed E-state index contributed by atoms with van der Waals surface area (Å²) in [6, 6.07) is 10.1. The number of rotatable bonds is 2. The first kappa shape index (κ1) is 12.6. The number of fused-ring (bicyclic) bond motifs is 1. The number of nitriles is 1. The monoisotopic (exact) mass is 284 g/mol. The van der Waals surface area contributed by atoms with Gasteiger partial charge in [0.05, 0.1) is 17.4 Å². The number of aromatic nitrogens is 1. The number of methoxy groups -OCH3 is 1. The molecule has 0 atom stereocenters. The van der Waals surface area contributed by atoms with Gasteiger partial charge in [-0.2, -0.15) is 9.64 Å². The molecule has 3 rings (SSSR count). The number of benzene rings is 2. The van der Waals surface area contributed by atoms with Crippen LogP contribution in [0.3, 0.4) is 0 Å². The highest BCUT2D eigenvalue weighted by Crippen LogP contribution is 2.39. The van der Waals surface area contributed by atoms with E-state index in [4.69, 9.17) is 10.00 Å². The van der Waals surface area contributed by atoms with Crippen LogP contribution in [0.4, 0.5) is 4.39 Å². The molecule has 0 spiro atoms. The van der Waals surface area contributed by atoms with E-state index in [0.29, 0.717) is 11.3 Å². The van der Waals surface area contributed by atoms with Crippen molar-refractivity contribution in [1.82, 2.24) is 4.37 Å². The summed E-state index contributed by atoms with van der Waals surface area (Å²) in [5.74, 6) is 0.124. The smallest absolute Gasteiger partial charge is 0.141 e. The van der Waals surface area contributed by atoms with Crippen molar-refractivity contribution in [3.63, 3.8) is 0 Å². The topological polar surface area (TPSA) is 45.9 Å². The van der Waals surface area contributed by atoms with Crippen LogP contribution in [0, 0.1) is 17.1 Å². The van der Waals surface area contributed by atoms with Crippen LogP contribution in [-0.2, 0) is 0 Å². The Hall–Kier alpha value is -2.45. The highest BCUT2D eigenvalue weighted by molar-refractivity contribution is 7.14. The average molecular weight is 284 g/mol. The Labute approximate surface area is 119 Å². The second kappa shape index (κ2) is 4.91. The maximum Gasteiger partial charge on any atom is 0.141 e. The zero-order valence-electron chi connectivity index (χ0n) is 10.6. The van der Waals surface area contributed by atoms with Gasteiger partial charge in [0.2, 0.25) is 0 Å². The standard InChI is InChI=1S/C15H9FN2OS/c1-19-13-5-4-11-8-18-20-15(11)14(13)9-2-3-10(7-17)12(16)6-9/h2-6,8H,1H3. The summed E-state index contributed by atoms with van der Waals surface area (Å²) in [6.45, 7) is 0. The highest BCUT2D eigenvalue weighted by Gasteiger charge is 2.14. The Morgan fingerprint density at radius 3 is 2.85 bits per heavy atom. The maximum absolute atomic E-state index is 13.8. The number of ether oxygens (including phenoxy) is 1. The Morgan fingerprint density at radius 2 is 2.15 bits per heavy atom. The normalized spacial score (nSPS) is 10.4. The molecule has 98 valence electrons. The van der Waals surface area contributed by atoms with Crippen LogP contribution in [0.15, 0.2) is 36.5 Å². The summed E-state index contributed by atoms with van der Waals surface area (Å²) in [5, 5.41) is 9.78. The van der Waals surface area contributed by atoms with Gasteiger partial charge in [-0.3, -0.25) is 0 Å². The molecule has 1 heterocycles. The van der Waals surface area contributed by atoms with Crippen LogP contribution in [0.2, 0.25) is 0 Å².